The van der Waals surface area contributed by atoms with Gasteiger partial charge in [0.1, 0.15) is 0 Å². The second-order valence-electron chi connectivity index (χ2n) is 5.56. The molecule has 0 unspecified atom stereocenters. The first-order valence-electron chi connectivity index (χ1n) is 6.49. The van der Waals surface area contributed by atoms with Gasteiger partial charge in [0, 0.05) is 20.8 Å². The van der Waals surface area contributed by atoms with Crippen LogP contribution in [0.4, 0.5) is 0 Å². The van der Waals surface area contributed by atoms with E-state index in [-0.39, 0.29) is 23.7 Å². The fourth-order valence-corrected chi connectivity index (χ4v) is 4.88. The van der Waals surface area contributed by atoms with E-state index in [0.29, 0.717) is 25.7 Å². The van der Waals surface area contributed by atoms with Crippen LogP contribution in [0.25, 0.3) is 0 Å². The van der Waals surface area contributed by atoms with Crippen LogP contribution in [0.3, 0.4) is 0 Å². The van der Waals surface area contributed by atoms with E-state index in [4.69, 9.17) is 11.5 Å². The maximum Gasteiger partial charge on any atom is 0.221 e. The van der Waals surface area contributed by atoms with Crippen molar-refractivity contribution in [3.63, 3.8) is 0 Å². The summed E-state index contributed by atoms with van der Waals surface area (Å²) in [6.07, 6.45) is 2.66. The van der Waals surface area contributed by atoms with E-state index >= 15 is 0 Å². The summed E-state index contributed by atoms with van der Waals surface area (Å²) in [5.41, 5.74) is 15.4. The second-order valence-corrected chi connectivity index (χ2v) is 7.14. The van der Waals surface area contributed by atoms with Gasteiger partial charge in [-0.3, -0.25) is 9.59 Å². The van der Waals surface area contributed by atoms with Crippen molar-refractivity contribution >= 4 is 43.7 Å². The van der Waals surface area contributed by atoms with E-state index in [1.165, 1.54) is 0 Å². The lowest BCUT2D eigenvalue weighted by atomic mass is 10.0. The van der Waals surface area contributed by atoms with Crippen LogP contribution in [0.1, 0.15) is 22.3 Å². The maximum atomic E-state index is 11.4. The summed E-state index contributed by atoms with van der Waals surface area (Å²) >= 11 is 7.29. The number of carbonyl (C=O) groups is 2. The molecule has 1 aromatic rings. The first-order valence-corrected chi connectivity index (χ1v) is 8.07. The van der Waals surface area contributed by atoms with Crippen LogP contribution in [0.5, 0.6) is 0 Å². The van der Waals surface area contributed by atoms with Crippen LogP contribution >= 0.6 is 31.9 Å². The summed E-state index contributed by atoms with van der Waals surface area (Å²) < 4.78 is 2.05. The number of benzene rings is 1. The Morgan fingerprint density at radius 1 is 0.750 bits per heavy atom. The van der Waals surface area contributed by atoms with Crippen molar-refractivity contribution in [2.45, 2.75) is 25.7 Å². The minimum Gasteiger partial charge on any atom is -0.369 e. The van der Waals surface area contributed by atoms with E-state index in [1.807, 2.05) is 0 Å². The normalized spacial score (nSPS) is 18.1. The van der Waals surface area contributed by atoms with E-state index in [2.05, 4.69) is 31.9 Å². The van der Waals surface area contributed by atoms with Crippen LogP contribution in [-0.2, 0) is 35.3 Å². The van der Waals surface area contributed by atoms with Gasteiger partial charge in [-0.1, -0.05) is 31.9 Å². The van der Waals surface area contributed by atoms with Crippen LogP contribution < -0.4 is 11.5 Å². The number of amides is 2. The van der Waals surface area contributed by atoms with Gasteiger partial charge >= 0.3 is 0 Å². The number of fused-ring (bicyclic) bond motifs is 2. The lowest BCUT2D eigenvalue weighted by Gasteiger charge is -2.12. The molecule has 0 aliphatic heterocycles. The highest BCUT2D eigenvalue weighted by Gasteiger charge is 2.36. The van der Waals surface area contributed by atoms with Crippen molar-refractivity contribution in [3.8, 4) is 0 Å². The molecule has 106 valence electrons. The first-order chi connectivity index (χ1) is 9.40. The molecular formula is C14H14Br2N2O2. The molecule has 1 aromatic carbocycles. The van der Waals surface area contributed by atoms with E-state index in [1.54, 1.807) is 0 Å². The van der Waals surface area contributed by atoms with Gasteiger partial charge in [-0.05, 0) is 47.9 Å². The molecule has 2 aliphatic carbocycles. The number of primary amides is 2. The molecule has 4 N–H and O–H groups in total. The SMILES string of the molecule is NC(=O)C1Cc2c(Br)c3c(c(Br)c2C1)CC(C(N)=O)C3. The monoisotopic (exact) mass is 400 g/mol. The molecule has 20 heavy (non-hydrogen) atoms. The van der Waals surface area contributed by atoms with Gasteiger partial charge in [0.2, 0.25) is 11.8 Å². The van der Waals surface area contributed by atoms with Gasteiger partial charge in [0.25, 0.3) is 0 Å². The molecule has 0 heterocycles. The van der Waals surface area contributed by atoms with Crippen LogP contribution in [-0.4, -0.2) is 11.8 Å². The molecule has 0 spiro atoms. The van der Waals surface area contributed by atoms with Gasteiger partial charge in [-0.15, -0.1) is 0 Å². The van der Waals surface area contributed by atoms with Crippen LogP contribution in [0.2, 0.25) is 0 Å². The predicted octanol–water partition coefficient (Wildman–Crippen LogP) is 1.61. The zero-order valence-electron chi connectivity index (χ0n) is 10.7. The number of halogens is 2. The Balaban J connectivity index is 2.07. The highest BCUT2D eigenvalue weighted by atomic mass is 79.9. The first kappa shape index (κ1) is 14.1. The number of carbonyl (C=O) groups excluding carboxylic acids is 2. The zero-order chi connectivity index (χ0) is 14.6. The van der Waals surface area contributed by atoms with E-state index < -0.39 is 0 Å². The quantitative estimate of drug-likeness (QED) is 0.788. The van der Waals surface area contributed by atoms with Gasteiger partial charge in [-0.25, -0.2) is 0 Å². The summed E-state index contributed by atoms with van der Waals surface area (Å²) in [7, 11) is 0. The molecule has 2 amide bonds. The number of nitrogens with two attached hydrogens (primary N) is 2. The lowest BCUT2D eigenvalue weighted by Crippen LogP contribution is -2.23. The number of rotatable bonds is 2. The van der Waals surface area contributed by atoms with Crippen molar-refractivity contribution in [1.82, 2.24) is 0 Å². The summed E-state index contributed by atoms with van der Waals surface area (Å²) in [5, 5.41) is 0. The molecule has 0 aromatic heterocycles. The topological polar surface area (TPSA) is 86.2 Å². The molecule has 0 fully saturated rings. The molecule has 0 atom stereocenters. The highest BCUT2D eigenvalue weighted by Crippen LogP contribution is 2.46. The average Bonchev–Trinajstić information content (AvgIpc) is 3.00. The lowest BCUT2D eigenvalue weighted by molar-refractivity contribution is -0.122. The Bertz CT molecular complexity index is 551. The highest BCUT2D eigenvalue weighted by molar-refractivity contribution is 9.11. The minimum absolute atomic E-state index is 0.132. The molecule has 0 bridgehead atoms. The van der Waals surface area contributed by atoms with Crippen LogP contribution in [0, 0.1) is 11.8 Å². The van der Waals surface area contributed by atoms with Crippen molar-refractivity contribution < 1.29 is 9.59 Å². The molecular weight excluding hydrogens is 388 g/mol. The van der Waals surface area contributed by atoms with E-state index in [0.717, 1.165) is 31.2 Å². The minimum atomic E-state index is -0.254. The number of hydrogen-bond acceptors (Lipinski definition) is 2. The largest absolute Gasteiger partial charge is 0.369 e. The van der Waals surface area contributed by atoms with Gasteiger partial charge in [0.15, 0.2) is 0 Å². The molecule has 4 nitrogen and oxygen atoms in total. The summed E-state index contributed by atoms with van der Waals surface area (Å²) in [6, 6.07) is 0. The third-order valence-electron chi connectivity index (χ3n) is 4.40. The zero-order valence-corrected chi connectivity index (χ0v) is 13.9. The molecule has 0 saturated carbocycles. The molecule has 3 rings (SSSR count). The molecule has 0 saturated heterocycles. The molecule has 0 radical (unpaired) electrons. The Kier molecular flexibility index (Phi) is 3.41. The third-order valence-corrected chi connectivity index (χ3v) is 6.31. The van der Waals surface area contributed by atoms with Crippen molar-refractivity contribution in [1.29, 1.82) is 0 Å². The summed E-state index contributed by atoms with van der Waals surface area (Å²) in [4.78, 5) is 22.8. The molecule has 6 heteroatoms. The fourth-order valence-electron chi connectivity index (χ4n) is 3.28. The van der Waals surface area contributed by atoms with Crippen molar-refractivity contribution in [2.24, 2.45) is 23.3 Å². The van der Waals surface area contributed by atoms with Gasteiger partial charge in [0.05, 0.1) is 0 Å². The van der Waals surface area contributed by atoms with Crippen molar-refractivity contribution in [2.75, 3.05) is 0 Å². The summed E-state index contributed by atoms with van der Waals surface area (Å²) in [6.45, 7) is 0. The van der Waals surface area contributed by atoms with Crippen LogP contribution in [0.15, 0.2) is 8.95 Å². The second kappa shape index (κ2) is 4.84. The summed E-state index contributed by atoms with van der Waals surface area (Å²) in [5.74, 6) is -0.774. The maximum absolute atomic E-state index is 11.4. The predicted molar refractivity (Wildman–Crippen MR) is 82.0 cm³/mol. The van der Waals surface area contributed by atoms with Crippen molar-refractivity contribution in [3.05, 3.63) is 31.2 Å². The third kappa shape index (κ3) is 2.00. The Hall–Kier alpha value is -0.880. The Morgan fingerprint density at radius 3 is 1.20 bits per heavy atom. The van der Waals surface area contributed by atoms with Gasteiger partial charge < -0.3 is 11.5 Å². The average molecular weight is 402 g/mol. The smallest absolute Gasteiger partial charge is 0.221 e. The Morgan fingerprint density at radius 2 is 1.00 bits per heavy atom. The molecule has 2 aliphatic rings. The fraction of sp³-hybridized carbons (Fsp3) is 0.429. The Labute approximate surface area is 133 Å². The van der Waals surface area contributed by atoms with E-state index in [9.17, 15) is 9.59 Å². The number of hydrogen-bond donors (Lipinski definition) is 2. The standard InChI is InChI=1S/C14H14Br2N2O2/c15-11-7-1-5(13(17)19)2-8(7)12(16)10-4-6(14(18)20)3-9(10)11/h5-6H,1-4H2,(H2,17,19)(H2,18,20). The van der Waals surface area contributed by atoms with Gasteiger partial charge in [-0.2, -0.15) is 0 Å².